The first-order valence-corrected chi connectivity index (χ1v) is 12.5. The average molecular weight is 615 g/mol. The third-order valence-corrected chi connectivity index (χ3v) is 6.28. The molecule has 0 saturated carbocycles. The van der Waals surface area contributed by atoms with E-state index in [2.05, 4.69) is 26.6 Å². The number of nitrogens with one attached hydrogen (secondary N) is 2. The molecule has 4 rings (SSSR count). The van der Waals surface area contributed by atoms with Crippen LogP contribution in [0.5, 0.6) is 17.2 Å². The van der Waals surface area contributed by atoms with Gasteiger partial charge in [-0.15, -0.1) is 0 Å². The molecule has 0 bridgehead atoms. The molecule has 0 aliphatic carbocycles. The molecule has 5 amide bonds. The molecule has 0 atom stereocenters. The highest BCUT2D eigenvalue weighted by atomic mass is 79.9. The van der Waals surface area contributed by atoms with Gasteiger partial charge in [-0.25, -0.2) is 9.69 Å². The molecule has 1 saturated heterocycles. The number of ether oxygens (including phenoxy) is 3. The highest BCUT2D eigenvalue weighted by Gasteiger charge is 2.37. The van der Waals surface area contributed by atoms with Crippen molar-refractivity contribution < 1.29 is 33.4 Å². The van der Waals surface area contributed by atoms with Crippen molar-refractivity contribution in [3.8, 4) is 17.2 Å². The van der Waals surface area contributed by atoms with Crippen molar-refractivity contribution in [3.05, 3.63) is 81.3 Å². The summed E-state index contributed by atoms with van der Waals surface area (Å²) >= 11 is 9.40. The molecular formula is C27H21BrClN3O7. The summed E-state index contributed by atoms with van der Waals surface area (Å²) in [5.74, 6) is -1.16. The highest BCUT2D eigenvalue weighted by Crippen LogP contribution is 2.37. The van der Waals surface area contributed by atoms with E-state index in [1.54, 1.807) is 42.5 Å². The Bertz CT molecular complexity index is 1510. The summed E-state index contributed by atoms with van der Waals surface area (Å²) in [6.45, 7) is -0.342. The van der Waals surface area contributed by atoms with Gasteiger partial charge in [-0.05, 0) is 70.0 Å². The Morgan fingerprint density at radius 3 is 2.49 bits per heavy atom. The standard InChI is InChI=1S/C27H21BrClN3O7/c1-37-21-9-4-3-8-20(21)30-23(33)14-39-24-19(28)11-15(12-22(24)38-2)10-18-25(34)31-27(36)32(26(18)35)17-7-5-6-16(29)13-17/h3-13H,14H2,1-2H3,(H,30,33)(H,31,34,36)/b18-10+. The first kappa shape index (κ1) is 27.7. The van der Waals surface area contributed by atoms with E-state index in [0.29, 0.717) is 26.5 Å². The minimum atomic E-state index is -0.890. The first-order valence-electron chi connectivity index (χ1n) is 11.3. The smallest absolute Gasteiger partial charge is 0.335 e. The van der Waals surface area contributed by atoms with Crippen LogP contribution in [0.2, 0.25) is 5.02 Å². The number of carbonyl (C=O) groups is 4. The van der Waals surface area contributed by atoms with Gasteiger partial charge in [0.25, 0.3) is 17.7 Å². The number of barbiturate groups is 1. The van der Waals surface area contributed by atoms with E-state index < -0.39 is 23.8 Å². The number of imide groups is 2. The van der Waals surface area contributed by atoms with Crippen LogP contribution in [0, 0.1) is 0 Å². The number of hydrogen-bond donors (Lipinski definition) is 2. The molecule has 10 nitrogen and oxygen atoms in total. The fraction of sp³-hybridized carbons (Fsp3) is 0.111. The average Bonchev–Trinajstić information content (AvgIpc) is 2.90. The molecule has 3 aromatic rings. The van der Waals surface area contributed by atoms with Crippen LogP contribution in [0.4, 0.5) is 16.2 Å². The number of anilines is 2. The number of nitrogens with zero attached hydrogens (tertiary/aromatic N) is 1. The number of carbonyl (C=O) groups excluding carboxylic acids is 4. The Labute approximate surface area is 236 Å². The Kier molecular flexibility index (Phi) is 8.52. The lowest BCUT2D eigenvalue weighted by molar-refractivity contribution is -0.122. The zero-order valence-corrected chi connectivity index (χ0v) is 23.0. The molecule has 1 aliphatic heterocycles. The Balaban J connectivity index is 1.56. The number of amides is 5. The molecule has 0 spiro atoms. The van der Waals surface area contributed by atoms with Gasteiger partial charge in [0.05, 0.1) is 30.1 Å². The number of para-hydroxylation sites is 2. The van der Waals surface area contributed by atoms with Gasteiger partial charge in [-0.2, -0.15) is 0 Å². The topological polar surface area (TPSA) is 123 Å². The quantitative estimate of drug-likeness (QED) is 0.276. The number of urea groups is 1. The minimum absolute atomic E-state index is 0.206. The molecule has 1 aliphatic rings. The van der Waals surface area contributed by atoms with Crippen LogP contribution >= 0.6 is 27.5 Å². The van der Waals surface area contributed by atoms with Crippen molar-refractivity contribution in [2.24, 2.45) is 0 Å². The maximum absolute atomic E-state index is 13.2. The number of halogens is 2. The Hall–Kier alpha value is -4.35. The fourth-order valence-electron chi connectivity index (χ4n) is 3.71. The molecule has 1 heterocycles. The van der Waals surface area contributed by atoms with E-state index in [9.17, 15) is 19.2 Å². The molecular weight excluding hydrogens is 594 g/mol. The largest absolute Gasteiger partial charge is 0.495 e. The van der Waals surface area contributed by atoms with Gasteiger partial charge in [0.15, 0.2) is 18.1 Å². The molecule has 3 aromatic carbocycles. The molecule has 2 N–H and O–H groups in total. The molecule has 0 unspecified atom stereocenters. The van der Waals surface area contributed by atoms with Crippen molar-refractivity contribution in [1.29, 1.82) is 0 Å². The summed E-state index contributed by atoms with van der Waals surface area (Å²) in [5, 5.41) is 5.19. The van der Waals surface area contributed by atoms with E-state index in [0.717, 1.165) is 4.90 Å². The Morgan fingerprint density at radius 2 is 1.77 bits per heavy atom. The fourth-order valence-corrected chi connectivity index (χ4v) is 4.47. The van der Waals surface area contributed by atoms with Gasteiger partial charge in [0, 0.05) is 5.02 Å². The van der Waals surface area contributed by atoms with Crippen molar-refractivity contribution in [2.75, 3.05) is 31.0 Å². The SMILES string of the molecule is COc1ccccc1NC(=O)COc1c(Br)cc(/C=C2\C(=O)NC(=O)N(c3cccc(Cl)c3)C2=O)cc1OC. The van der Waals surface area contributed by atoms with Gasteiger partial charge in [0.1, 0.15) is 11.3 Å². The lowest BCUT2D eigenvalue weighted by Crippen LogP contribution is -2.54. The van der Waals surface area contributed by atoms with Crippen molar-refractivity contribution >= 4 is 68.7 Å². The zero-order valence-electron chi connectivity index (χ0n) is 20.6. The monoisotopic (exact) mass is 613 g/mol. The second-order valence-electron chi connectivity index (χ2n) is 8.01. The number of benzene rings is 3. The third kappa shape index (κ3) is 6.21. The summed E-state index contributed by atoms with van der Waals surface area (Å²) < 4.78 is 16.7. The predicted molar refractivity (Wildman–Crippen MR) is 148 cm³/mol. The number of rotatable bonds is 8. The normalized spacial score (nSPS) is 14.2. The summed E-state index contributed by atoms with van der Waals surface area (Å²) in [6, 6.07) is 15.3. The van der Waals surface area contributed by atoms with E-state index >= 15 is 0 Å². The molecule has 1 fully saturated rings. The number of hydrogen-bond acceptors (Lipinski definition) is 7. The van der Waals surface area contributed by atoms with E-state index in [1.165, 1.54) is 38.5 Å². The molecule has 12 heteroatoms. The van der Waals surface area contributed by atoms with Gasteiger partial charge in [0.2, 0.25) is 0 Å². The Morgan fingerprint density at radius 1 is 1.03 bits per heavy atom. The molecule has 39 heavy (non-hydrogen) atoms. The maximum Gasteiger partial charge on any atom is 0.335 e. The van der Waals surface area contributed by atoms with E-state index in [1.807, 2.05) is 0 Å². The summed E-state index contributed by atoms with van der Waals surface area (Å²) in [7, 11) is 2.90. The highest BCUT2D eigenvalue weighted by molar-refractivity contribution is 9.10. The minimum Gasteiger partial charge on any atom is -0.495 e. The van der Waals surface area contributed by atoms with Gasteiger partial charge in [-0.3, -0.25) is 19.7 Å². The third-order valence-electron chi connectivity index (χ3n) is 5.46. The van der Waals surface area contributed by atoms with Gasteiger partial charge >= 0.3 is 6.03 Å². The van der Waals surface area contributed by atoms with Crippen LogP contribution in [0.1, 0.15) is 5.56 Å². The lowest BCUT2D eigenvalue weighted by Gasteiger charge is -2.26. The molecule has 0 aromatic heterocycles. The van der Waals surface area contributed by atoms with Crippen molar-refractivity contribution in [1.82, 2.24) is 5.32 Å². The maximum atomic E-state index is 13.2. The second-order valence-corrected chi connectivity index (χ2v) is 9.30. The van der Waals surface area contributed by atoms with Crippen molar-refractivity contribution in [2.45, 2.75) is 0 Å². The van der Waals surface area contributed by atoms with Crippen LogP contribution in [0.25, 0.3) is 6.08 Å². The van der Waals surface area contributed by atoms with Gasteiger partial charge < -0.3 is 19.5 Å². The lowest BCUT2D eigenvalue weighted by atomic mass is 10.1. The van der Waals surface area contributed by atoms with Crippen molar-refractivity contribution in [3.63, 3.8) is 0 Å². The summed E-state index contributed by atoms with van der Waals surface area (Å²) in [5.41, 5.74) is 0.802. The summed E-state index contributed by atoms with van der Waals surface area (Å²) in [4.78, 5) is 51.4. The zero-order chi connectivity index (χ0) is 28.1. The summed E-state index contributed by atoms with van der Waals surface area (Å²) in [6.07, 6.45) is 1.31. The molecule has 200 valence electrons. The van der Waals surface area contributed by atoms with Crippen LogP contribution < -0.4 is 29.7 Å². The second kappa shape index (κ2) is 12.0. The van der Waals surface area contributed by atoms with Crippen LogP contribution in [0.3, 0.4) is 0 Å². The predicted octanol–water partition coefficient (Wildman–Crippen LogP) is 4.80. The van der Waals surface area contributed by atoms with Crippen LogP contribution in [-0.4, -0.2) is 44.6 Å². The van der Waals surface area contributed by atoms with E-state index in [-0.39, 0.29) is 29.4 Å². The molecule has 0 radical (unpaired) electrons. The van der Waals surface area contributed by atoms with E-state index in [4.69, 9.17) is 25.8 Å². The number of methoxy groups -OCH3 is 2. The van der Waals surface area contributed by atoms with Crippen LogP contribution in [0.15, 0.2) is 70.7 Å². The van der Waals surface area contributed by atoms with Gasteiger partial charge in [-0.1, -0.05) is 29.8 Å². The van der Waals surface area contributed by atoms with Crippen LogP contribution in [-0.2, 0) is 14.4 Å². The first-order chi connectivity index (χ1) is 18.7.